The van der Waals surface area contributed by atoms with Crippen molar-refractivity contribution in [2.45, 2.75) is 25.8 Å². The maximum atomic E-state index is 5.39. The van der Waals surface area contributed by atoms with Crippen LogP contribution in [0.15, 0.2) is 18.2 Å². The zero-order valence-corrected chi connectivity index (χ0v) is 10.7. The Morgan fingerprint density at radius 2 is 1.76 bits per heavy atom. The van der Waals surface area contributed by atoms with E-state index in [1.54, 1.807) is 0 Å². The van der Waals surface area contributed by atoms with Crippen molar-refractivity contribution in [3.63, 3.8) is 0 Å². The summed E-state index contributed by atoms with van der Waals surface area (Å²) in [4.78, 5) is 2.51. The van der Waals surface area contributed by atoms with Gasteiger partial charge in [0.2, 0.25) is 6.79 Å². The Balaban J connectivity index is 0.00000108. The maximum absolute atomic E-state index is 5.39. The molecule has 0 amide bonds. The van der Waals surface area contributed by atoms with Crippen LogP contribution in [0.1, 0.15) is 24.8 Å². The van der Waals surface area contributed by atoms with E-state index in [1.807, 2.05) is 6.07 Å². The third-order valence-electron chi connectivity index (χ3n) is 3.29. The molecular formula is C13H18ClNO2. The number of halogens is 1. The van der Waals surface area contributed by atoms with Gasteiger partial charge in [0.1, 0.15) is 0 Å². The number of hydrogen-bond acceptors (Lipinski definition) is 3. The lowest BCUT2D eigenvalue weighted by Gasteiger charge is -2.26. The Hall–Kier alpha value is -0.930. The third kappa shape index (κ3) is 2.85. The van der Waals surface area contributed by atoms with E-state index in [-0.39, 0.29) is 12.4 Å². The lowest BCUT2D eigenvalue weighted by Crippen LogP contribution is -2.28. The van der Waals surface area contributed by atoms with E-state index in [1.165, 1.54) is 37.9 Å². The van der Waals surface area contributed by atoms with Crippen molar-refractivity contribution in [3.8, 4) is 11.5 Å². The van der Waals surface area contributed by atoms with E-state index in [9.17, 15) is 0 Å². The molecule has 0 radical (unpaired) electrons. The molecule has 0 aliphatic carbocycles. The maximum Gasteiger partial charge on any atom is 0.231 e. The molecule has 17 heavy (non-hydrogen) atoms. The second-order valence-electron chi connectivity index (χ2n) is 4.52. The van der Waals surface area contributed by atoms with Crippen LogP contribution >= 0.6 is 12.4 Å². The van der Waals surface area contributed by atoms with Gasteiger partial charge in [-0.25, -0.2) is 0 Å². The summed E-state index contributed by atoms with van der Waals surface area (Å²) in [6, 6.07) is 6.26. The van der Waals surface area contributed by atoms with Gasteiger partial charge in [0, 0.05) is 6.54 Å². The molecule has 3 rings (SSSR count). The quantitative estimate of drug-likeness (QED) is 0.811. The van der Waals surface area contributed by atoms with Crippen molar-refractivity contribution in [2.75, 3.05) is 19.9 Å². The summed E-state index contributed by atoms with van der Waals surface area (Å²) in [5, 5.41) is 0. The van der Waals surface area contributed by atoms with Gasteiger partial charge in [-0.3, -0.25) is 4.90 Å². The number of fused-ring (bicyclic) bond motifs is 1. The Labute approximate surface area is 108 Å². The monoisotopic (exact) mass is 255 g/mol. The van der Waals surface area contributed by atoms with Gasteiger partial charge in [0.25, 0.3) is 0 Å². The van der Waals surface area contributed by atoms with Crippen molar-refractivity contribution in [1.29, 1.82) is 0 Å². The number of ether oxygens (including phenoxy) is 2. The van der Waals surface area contributed by atoms with Crippen LogP contribution in [0.2, 0.25) is 0 Å². The van der Waals surface area contributed by atoms with Gasteiger partial charge < -0.3 is 9.47 Å². The molecule has 0 aromatic heterocycles. The average molecular weight is 256 g/mol. The molecule has 94 valence electrons. The van der Waals surface area contributed by atoms with Crippen LogP contribution in [0.5, 0.6) is 11.5 Å². The van der Waals surface area contributed by atoms with Crippen molar-refractivity contribution < 1.29 is 9.47 Å². The molecule has 2 aliphatic heterocycles. The van der Waals surface area contributed by atoms with Gasteiger partial charge in [0.05, 0.1) is 0 Å². The van der Waals surface area contributed by atoms with E-state index in [4.69, 9.17) is 9.47 Å². The fourth-order valence-electron chi connectivity index (χ4n) is 2.42. The van der Waals surface area contributed by atoms with Gasteiger partial charge in [-0.15, -0.1) is 12.4 Å². The highest BCUT2D eigenvalue weighted by atomic mass is 35.5. The molecule has 0 saturated carbocycles. The predicted octanol–water partition coefficient (Wildman–Crippen LogP) is 2.82. The van der Waals surface area contributed by atoms with Crippen LogP contribution in [0.25, 0.3) is 0 Å². The van der Waals surface area contributed by atoms with Crippen molar-refractivity contribution in [3.05, 3.63) is 23.8 Å². The fraction of sp³-hybridized carbons (Fsp3) is 0.538. The zero-order valence-electron chi connectivity index (χ0n) is 9.85. The first-order chi connectivity index (χ1) is 7.92. The lowest BCUT2D eigenvalue weighted by molar-refractivity contribution is 0.174. The van der Waals surface area contributed by atoms with Crippen molar-refractivity contribution in [1.82, 2.24) is 4.90 Å². The molecule has 1 saturated heterocycles. The first kappa shape index (κ1) is 12.5. The summed E-state index contributed by atoms with van der Waals surface area (Å²) in [5.41, 5.74) is 1.33. The van der Waals surface area contributed by atoms with Crippen molar-refractivity contribution >= 4 is 12.4 Å². The minimum atomic E-state index is 0. The Morgan fingerprint density at radius 1 is 1.00 bits per heavy atom. The number of nitrogens with zero attached hydrogens (tertiary/aromatic N) is 1. The molecule has 1 aromatic carbocycles. The molecule has 0 bridgehead atoms. The number of likely N-dealkylation sites (tertiary alicyclic amines) is 1. The third-order valence-corrected chi connectivity index (χ3v) is 3.29. The summed E-state index contributed by atoms with van der Waals surface area (Å²) >= 11 is 0. The zero-order chi connectivity index (χ0) is 10.8. The van der Waals surface area contributed by atoms with E-state index >= 15 is 0 Å². The minimum Gasteiger partial charge on any atom is -0.454 e. The van der Waals surface area contributed by atoms with Crippen LogP contribution < -0.4 is 9.47 Å². The van der Waals surface area contributed by atoms with Crippen LogP contribution in [0.3, 0.4) is 0 Å². The van der Waals surface area contributed by atoms with Crippen molar-refractivity contribution in [2.24, 2.45) is 0 Å². The van der Waals surface area contributed by atoms with E-state index in [0.29, 0.717) is 6.79 Å². The molecular weight excluding hydrogens is 238 g/mol. The smallest absolute Gasteiger partial charge is 0.231 e. The Morgan fingerprint density at radius 3 is 2.59 bits per heavy atom. The normalized spacial score (nSPS) is 18.8. The molecule has 3 nitrogen and oxygen atoms in total. The summed E-state index contributed by atoms with van der Waals surface area (Å²) in [7, 11) is 0. The fourth-order valence-corrected chi connectivity index (χ4v) is 2.42. The molecule has 2 aliphatic rings. The van der Waals surface area contributed by atoms with E-state index in [0.717, 1.165) is 18.0 Å². The van der Waals surface area contributed by atoms with E-state index in [2.05, 4.69) is 17.0 Å². The van der Waals surface area contributed by atoms with Crippen LogP contribution in [-0.2, 0) is 6.54 Å². The highest BCUT2D eigenvalue weighted by Crippen LogP contribution is 2.32. The van der Waals surface area contributed by atoms with Crippen LogP contribution in [0, 0.1) is 0 Å². The van der Waals surface area contributed by atoms with Gasteiger partial charge in [0.15, 0.2) is 11.5 Å². The molecule has 0 N–H and O–H groups in total. The van der Waals surface area contributed by atoms with Gasteiger partial charge in [-0.2, -0.15) is 0 Å². The second-order valence-corrected chi connectivity index (χ2v) is 4.52. The molecule has 1 aromatic rings. The number of rotatable bonds is 2. The topological polar surface area (TPSA) is 21.7 Å². The van der Waals surface area contributed by atoms with E-state index < -0.39 is 0 Å². The molecule has 2 heterocycles. The van der Waals surface area contributed by atoms with Crippen LogP contribution in [-0.4, -0.2) is 24.8 Å². The summed E-state index contributed by atoms with van der Waals surface area (Å²) in [5.74, 6) is 1.77. The lowest BCUT2D eigenvalue weighted by atomic mass is 10.1. The minimum absolute atomic E-state index is 0. The summed E-state index contributed by atoms with van der Waals surface area (Å²) < 4.78 is 10.7. The van der Waals surface area contributed by atoms with Gasteiger partial charge >= 0.3 is 0 Å². The van der Waals surface area contributed by atoms with Gasteiger partial charge in [-0.1, -0.05) is 12.5 Å². The van der Waals surface area contributed by atoms with Gasteiger partial charge in [-0.05, 0) is 43.6 Å². The first-order valence-electron chi connectivity index (χ1n) is 6.03. The summed E-state index contributed by atoms with van der Waals surface area (Å²) in [6.45, 7) is 3.86. The first-order valence-corrected chi connectivity index (χ1v) is 6.03. The average Bonchev–Trinajstić information content (AvgIpc) is 2.77. The molecule has 4 heteroatoms. The number of benzene rings is 1. The molecule has 0 unspecified atom stereocenters. The summed E-state index contributed by atoms with van der Waals surface area (Å²) in [6.07, 6.45) is 4.06. The molecule has 1 fully saturated rings. The standard InChI is InChI=1S/C13H17NO2.ClH/c1-2-6-14(7-3-1)9-11-4-5-12-13(8-11)16-10-15-12;/h4-5,8H,1-3,6-7,9-10H2;1H. The predicted molar refractivity (Wildman–Crippen MR) is 68.9 cm³/mol. The SMILES string of the molecule is Cl.c1cc2c(cc1CN1CCCCC1)OCO2. The highest BCUT2D eigenvalue weighted by molar-refractivity contribution is 5.85. The Bertz CT molecular complexity index is 378. The van der Waals surface area contributed by atoms with Crippen LogP contribution in [0.4, 0.5) is 0 Å². The highest BCUT2D eigenvalue weighted by Gasteiger charge is 2.15. The number of piperidine rings is 1. The largest absolute Gasteiger partial charge is 0.454 e. The second kappa shape index (κ2) is 5.61. The molecule has 0 spiro atoms. The molecule has 0 atom stereocenters. The number of hydrogen-bond donors (Lipinski definition) is 0. The Kier molecular flexibility index (Phi) is 4.13.